The monoisotopic (exact) mass is 325 g/mol. The molecule has 0 saturated heterocycles. The number of rotatable bonds is 5. The molecule has 2 aromatic rings. The molecule has 24 heavy (non-hydrogen) atoms. The van der Waals surface area contributed by atoms with Crippen molar-refractivity contribution in [3.63, 3.8) is 0 Å². The minimum Gasteiger partial charge on any atom is -0.508 e. The maximum absolute atomic E-state index is 12.3. The van der Waals surface area contributed by atoms with Crippen LogP contribution in [0.5, 0.6) is 5.75 Å². The van der Waals surface area contributed by atoms with Gasteiger partial charge in [0.1, 0.15) is 5.75 Å². The quantitative estimate of drug-likeness (QED) is 0.891. The van der Waals surface area contributed by atoms with Gasteiger partial charge in [-0.3, -0.25) is 4.79 Å². The third-order valence-electron chi connectivity index (χ3n) is 4.27. The summed E-state index contributed by atoms with van der Waals surface area (Å²) in [5, 5.41) is 9.76. The number of aryl methyl sites for hydroxylation is 1. The molecule has 0 bridgehead atoms. The molecule has 1 amide bonds. The topological polar surface area (TPSA) is 40.5 Å². The predicted octanol–water partition coefficient (Wildman–Crippen LogP) is 4.28. The van der Waals surface area contributed by atoms with E-state index in [-0.39, 0.29) is 17.1 Å². The summed E-state index contributed by atoms with van der Waals surface area (Å²) in [6.45, 7) is 7.17. The van der Waals surface area contributed by atoms with Gasteiger partial charge < -0.3 is 10.0 Å². The number of para-hydroxylation sites is 1. The Balaban J connectivity index is 1.91. The van der Waals surface area contributed by atoms with Gasteiger partial charge in [-0.2, -0.15) is 0 Å². The number of phenols is 1. The van der Waals surface area contributed by atoms with Crippen molar-refractivity contribution >= 4 is 5.91 Å². The number of phenolic OH excluding ortho intramolecular Hbond substituents is 1. The Morgan fingerprint density at radius 2 is 1.67 bits per heavy atom. The lowest BCUT2D eigenvalue weighted by atomic mass is 9.87. The highest BCUT2D eigenvalue weighted by atomic mass is 16.3. The van der Waals surface area contributed by atoms with Crippen LogP contribution in [0.1, 0.15) is 43.9 Å². The molecule has 3 heteroatoms. The lowest BCUT2D eigenvalue weighted by Gasteiger charge is -2.21. The molecule has 0 unspecified atom stereocenters. The number of carbonyl (C=O) groups is 1. The fourth-order valence-electron chi connectivity index (χ4n) is 2.63. The van der Waals surface area contributed by atoms with Crippen molar-refractivity contribution in [1.82, 2.24) is 4.90 Å². The molecular weight excluding hydrogens is 298 g/mol. The first kappa shape index (κ1) is 18.1. The number of aromatic hydroxyl groups is 1. The molecule has 128 valence electrons. The molecule has 0 aliphatic rings. The fourth-order valence-corrected chi connectivity index (χ4v) is 2.63. The van der Waals surface area contributed by atoms with Crippen LogP contribution in [0.15, 0.2) is 48.5 Å². The van der Waals surface area contributed by atoms with Crippen LogP contribution >= 0.6 is 0 Å². The smallest absolute Gasteiger partial charge is 0.222 e. The summed E-state index contributed by atoms with van der Waals surface area (Å²) in [4.78, 5) is 14.0. The van der Waals surface area contributed by atoms with E-state index in [0.29, 0.717) is 19.4 Å². The zero-order valence-electron chi connectivity index (χ0n) is 15.0. The summed E-state index contributed by atoms with van der Waals surface area (Å²) < 4.78 is 0. The van der Waals surface area contributed by atoms with E-state index < -0.39 is 0 Å². The lowest BCUT2D eigenvalue weighted by Crippen LogP contribution is -2.26. The van der Waals surface area contributed by atoms with E-state index in [0.717, 1.165) is 11.1 Å². The first-order valence-electron chi connectivity index (χ1n) is 8.37. The van der Waals surface area contributed by atoms with Gasteiger partial charge in [-0.25, -0.2) is 0 Å². The van der Waals surface area contributed by atoms with Gasteiger partial charge in [-0.05, 0) is 34.6 Å². The second-order valence-corrected chi connectivity index (χ2v) is 7.33. The van der Waals surface area contributed by atoms with Gasteiger partial charge in [-0.1, -0.05) is 63.2 Å². The summed E-state index contributed by atoms with van der Waals surface area (Å²) in [7, 11) is 1.82. The highest BCUT2D eigenvalue weighted by Crippen LogP contribution is 2.22. The van der Waals surface area contributed by atoms with Crippen LogP contribution in [0.25, 0.3) is 0 Å². The van der Waals surface area contributed by atoms with Crippen molar-refractivity contribution in [2.24, 2.45) is 0 Å². The lowest BCUT2D eigenvalue weighted by molar-refractivity contribution is -0.130. The molecule has 2 aromatic carbocycles. The van der Waals surface area contributed by atoms with Crippen molar-refractivity contribution in [3.8, 4) is 5.75 Å². The van der Waals surface area contributed by atoms with Gasteiger partial charge in [0.2, 0.25) is 5.91 Å². The second kappa shape index (κ2) is 7.52. The van der Waals surface area contributed by atoms with E-state index in [1.54, 1.807) is 17.0 Å². The van der Waals surface area contributed by atoms with Crippen LogP contribution in [0, 0.1) is 0 Å². The Kier molecular flexibility index (Phi) is 5.66. The molecule has 0 fully saturated rings. The second-order valence-electron chi connectivity index (χ2n) is 7.33. The van der Waals surface area contributed by atoms with E-state index in [2.05, 4.69) is 45.0 Å². The molecule has 0 atom stereocenters. The average Bonchev–Trinajstić information content (AvgIpc) is 2.53. The zero-order chi connectivity index (χ0) is 17.7. The van der Waals surface area contributed by atoms with E-state index in [4.69, 9.17) is 0 Å². The third-order valence-corrected chi connectivity index (χ3v) is 4.27. The molecule has 0 saturated carbocycles. The van der Waals surface area contributed by atoms with E-state index in [1.165, 1.54) is 5.56 Å². The maximum atomic E-state index is 12.3. The van der Waals surface area contributed by atoms with E-state index in [1.807, 2.05) is 19.2 Å². The van der Waals surface area contributed by atoms with Crippen LogP contribution < -0.4 is 0 Å². The third kappa shape index (κ3) is 4.85. The Labute approximate surface area is 144 Å². The van der Waals surface area contributed by atoms with Crippen LogP contribution in [0.2, 0.25) is 0 Å². The number of hydrogen-bond donors (Lipinski definition) is 1. The summed E-state index contributed by atoms with van der Waals surface area (Å²) in [6.07, 6.45) is 0.951. The summed E-state index contributed by atoms with van der Waals surface area (Å²) in [6, 6.07) is 15.6. The van der Waals surface area contributed by atoms with Gasteiger partial charge in [0.15, 0.2) is 0 Å². The summed E-state index contributed by atoms with van der Waals surface area (Å²) >= 11 is 0. The van der Waals surface area contributed by atoms with E-state index in [9.17, 15) is 9.90 Å². The fraction of sp³-hybridized carbons (Fsp3) is 0.381. The van der Waals surface area contributed by atoms with Crippen LogP contribution in [-0.4, -0.2) is 23.0 Å². The number of amides is 1. The SMILES string of the molecule is CN(Cc1ccc(C(C)(C)C)cc1)C(=O)CCc1ccccc1O. The minimum absolute atomic E-state index is 0.0816. The van der Waals surface area contributed by atoms with Crippen molar-refractivity contribution < 1.29 is 9.90 Å². The highest BCUT2D eigenvalue weighted by molar-refractivity contribution is 5.76. The summed E-state index contributed by atoms with van der Waals surface area (Å²) in [5.41, 5.74) is 3.37. The van der Waals surface area contributed by atoms with Crippen molar-refractivity contribution in [2.75, 3.05) is 7.05 Å². The van der Waals surface area contributed by atoms with Gasteiger partial charge in [0, 0.05) is 20.0 Å². The normalized spacial score (nSPS) is 11.3. The zero-order valence-corrected chi connectivity index (χ0v) is 15.0. The molecule has 0 aliphatic heterocycles. The molecule has 2 rings (SSSR count). The largest absolute Gasteiger partial charge is 0.508 e. The molecule has 1 N–H and O–H groups in total. The average molecular weight is 325 g/mol. The van der Waals surface area contributed by atoms with Crippen molar-refractivity contribution in [3.05, 3.63) is 65.2 Å². The molecule has 0 aromatic heterocycles. The molecule has 0 spiro atoms. The standard InChI is InChI=1S/C21H27NO2/c1-21(2,3)18-12-9-16(10-13-18)15-22(4)20(24)14-11-17-7-5-6-8-19(17)23/h5-10,12-13,23H,11,14-15H2,1-4H3. The maximum Gasteiger partial charge on any atom is 0.222 e. The number of carbonyl (C=O) groups excluding carboxylic acids is 1. The Bertz CT molecular complexity index is 684. The van der Waals surface area contributed by atoms with Crippen LogP contribution in [0.4, 0.5) is 0 Å². The molecule has 3 nitrogen and oxygen atoms in total. The first-order valence-corrected chi connectivity index (χ1v) is 8.37. The minimum atomic E-state index is 0.0816. The molecule has 0 heterocycles. The van der Waals surface area contributed by atoms with E-state index >= 15 is 0 Å². The Morgan fingerprint density at radius 3 is 2.25 bits per heavy atom. The van der Waals surface area contributed by atoms with Crippen LogP contribution in [0.3, 0.4) is 0 Å². The number of benzene rings is 2. The number of hydrogen-bond acceptors (Lipinski definition) is 2. The predicted molar refractivity (Wildman–Crippen MR) is 98.0 cm³/mol. The van der Waals surface area contributed by atoms with Crippen LogP contribution in [-0.2, 0) is 23.2 Å². The Hall–Kier alpha value is -2.29. The van der Waals surface area contributed by atoms with Crippen molar-refractivity contribution in [2.45, 2.75) is 45.6 Å². The van der Waals surface area contributed by atoms with Gasteiger partial charge in [0.25, 0.3) is 0 Å². The van der Waals surface area contributed by atoms with Crippen molar-refractivity contribution in [1.29, 1.82) is 0 Å². The molecule has 0 radical (unpaired) electrons. The summed E-state index contributed by atoms with van der Waals surface area (Å²) in [5.74, 6) is 0.337. The first-order chi connectivity index (χ1) is 11.3. The Morgan fingerprint density at radius 1 is 1.04 bits per heavy atom. The highest BCUT2D eigenvalue weighted by Gasteiger charge is 2.14. The molecule has 0 aliphatic carbocycles. The van der Waals surface area contributed by atoms with Gasteiger partial charge in [0.05, 0.1) is 0 Å². The van der Waals surface area contributed by atoms with Gasteiger partial charge >= 0.3 is 0 Å². The molecular formula is C21H27NO2. The van der Waals surface area contributed by atoms with Gasteiger partial charge in [-0.15, -0.1) is 0 Å². The number of nitrogens with zero attached hydrogens (tertiary/aromatic N) is 1.